The first-order chi connectivity index (χ1) is 12.3. The SMILES string of the molecule is Cc1ccc(CS(=O)(=O)Cc2cc3ccc(F)cc3[nH]c2=O)cc1C#N. The Morgan fingerprint density at radius 2 is 1.88 bits per heavy atom. The molecule has 0 saturated carbocycles. The standard InChI is InChI=1S/C19H15FN2O3S/c1-12-2-3-13(6-15(12)9-21)10-26(24,25)11-16-7-14-4-5-17(20)8-18(14)22-19(16)23/h2-8H,10-11H2,1H3,(H,22,23). The number of aromatic amines is 1. The normalized spacial score (nSPS) is 11.4. The second-order valence-electron chi connectivity index (χ2n) is 6.15. The molecule has 0 radical (unpaired) electrons. The van der Waals surface area contributed by atoms with Crippen molar-refractivity contribution in [3.8, 4) is 6.07 Å². The molecule has 1 aromatic heterocycles. The predicted molar refractivity (Wildman–Crippen MR) is 96.7 cm³/mol. The average molecular weight is 370 g/mol. The Morgan fingerprint density at radius 3 is 2.62 bits per heavy atom. The Kier molecular flexibility index (Phi) is 4.62. The lowest BCUT2D eigenvalue weighted by Gasteiger charge is -2.07. The summed E-state index contributed by atoms with van der Waals surface area (Å²) in [4.78, 5) is 14.6. The highest BCUT2D eigenvalue weighted by Crippen LogP contribution is 2.17. The number of rotatable bonds is 4. The average Bonchev–Trinajstić information content (AvgIpc) is 2.57. The van der Waals surface area contributed by atoms with E-state index in [0.29, 0.717) is 22.0 Å². The van der Waals surface area contributed by atoms with Crippen LogP contribution >= 0.6 is 0 Å². The molecular weight excluding hydrogens is 355 g/mol. The van der Waals surface area contributed by atoms with Crippen molar-refractivity contribution in [3.63, 3.8) is 0 Å². The summed E-state index contributed by atoms with van der Waals surface area (Å²) in [5.74, 6) is -1.20. The summed E-state index contributed by atoms with van der Waals surface area (Å²) in [6.45, 7) is 1.77. The Hall–Kier alpha value is -2.98. The molecule has 1 heterocycles. The van der Waals surface area contributed by atoms with Crippen molar-refractivity contribution < 1.29 is 12.8 Å². The van der Waals surface area contributed by atoms with Gasteiger partial charge in [0.1, 0.15) is 5.82 Å². The highest BCUT2D eigenvalue weighted by atomic mass is 32.2. The minimum atomic E-state index is -3.63. The summed E-state index contributed by atoms with van der Waals surface area (Å²) < 4.78 is 38.2. The van der Waals surface area contributed by atoms with Crippen LogP contribution in [0.3, 0.4) is 0 Å². The van der Waals surface area contributed by atoms with Gasteiger partial charge in [-0.05, 0) is 53.8 Å². The van der Waals surface area contributed by atoms with Crippen LogP contribution in [0.1, 0.15) is 22.3 Å². The molecule has 2 aromatic carbocycles. The van der Waals surface area contributed by atoms with Crippen molar-refractivity contribution in [3.05, 3.63) is 80.9 Å². The topological polar surface area (TPSA) is 90.8 Å². The number of halogens is 1. The molecule has 0 fully saturated rings. The van der Waals surface area contributed by atoms with Crippen molar-refractivity contribution in [1.82, 2.24) is 4.98 Å². The quantitative estimate of drug-likeness (QED) is 0.764. The van der Waals surface area contributed by atoms with Gasteiger partial charge in [0.05, 0.1) is 28.7 Å². The highest BCUT2D eigenvalue weighted by Gasteiger charge is 2.17. The van der Waals surface area contributed by atoms with Gasteiger partial charge in [0.25, 0.3) is 5.56 Å². The number of nitrogens with one attached hydrogen (secondary N) is 1. The maximum absolute atomic E-state index is 13.2. The monoisotopic (exact) mass is 370 g/mol. The lowest BCUT2D eigenvalue weighted by Crippen LogP contribution is -2.17. The number of hydrogen-bond acceptors (Lipinski definition) is 4. The zero-order valence-corrected chi connectivity index (χ0v) is 14.7. The van der Waals surface area contributed by atoms with E-state index in [2.05, 4.69) is 4.98 Å². The molecule has 7 heteroatoms. The van der Waals surface area contributed by atoms with Crippen molar-refractivity contribution in [2.75, 3.05) is 0 Å². The van der Waals surface area contributed by atoms with E-state index in [9.17, 15) is 17.6 Å². The molecule has 0 aliphatic rings. The number of fused-ring (bicyclic) bond motifs is 1. The van der Waals surface area contributed by atoms with Gasteiger partial charge in [0, 0.05) is 5.56 Å². The van der Waals surface area contributed by atoms with Gasteiger partial charge in [-0.25, -0.2) is 12.8 Å². The number of H-pyrrole nitrogens is 1. The summed E-state index contributed by atoms with van der Waals surface area (Å²) in [7, 11) is -3.63. The Morgan fingerprint density at radius 1 is 1.12 bits per heavy atom. The highest BCUT2D eigenvalue weighted by molar-refractivity contribution is 7.89. The minimum absolute atomic E-state index is 0.0942. The van der Waals surface area contributed by atoms with Gasteiger partial charge in [0.15, 0.2) is 9.84 Å². The molecule has 1 N–H and O–H groups in total. The number of nitrogens with zero attached hydrogens (tertiary/aromatic N) is 1. The summed E-state index contributed by atoms with van der Waals surface area (Å²) in [5.41, 5.74) is 1.53. The summed E-state index contributed by atoms with van der Waals surface area (Å²) in [5, 5.41) is 9.62. The number of hydrogen-bond donors (Lipinski definition) is 1. The van der Waals surface area contributed by atoms with Gasteiger partial charge >= 0.3 is 0 Å². The molecule has 3 rings (SSSR count). The lowest BCUT2D eigenvalue weighted by atomic mass is 10.1. The van der Waals surface area contributed by atoms with Crippen LogP contribution in [0, 0.1) is 24.1 Å². The molecule has 132 valence electrons. The van der Waals surface area contributed by atoms with Crippen LogP contribution in [-0.4, -0.2) is 13.4 Å². The first-order valence-corrected chi connectivity index (χ1v) is 9.61. The van der Waals surface area contributed by atoms with E-state index in [0.717, 1.165) is 5.56 Å². The van der Waals surface area contributed by atoms with E-state index in [-0.39, 0.29) is 11.3 Å². The molecule has 0 spiro atoms. The van der Waals surface area contributed by atoms with Crippen LogP contribution in [0.25, 0.3) is 10.9 Å². The number of pyridine rings is 1. The fourth-order valence-corrected chi connectivity index (χ4v) is 4.22. The third-order valence-electron chi connectivity index (χ3n) is 4.07. The van der Waals surface area contributed by atoms with Crippen LogP contribution < -0.4 is 5.56 Å². The summed E-state index contributed by atoms with van der Waals surface area (Å²) in [6, 6.07) is 12.3. The summed E-state index contributed by atoms with van der Waals surface area (Å²) in [6.07, 6.45) is 0. The zero-order chi connectivity index (χ0) is 18.9. The molecule has 0 bridgehead atoms. The first kappa shape index (κ1) is 17.8. The van der Waals surface area contributed by atoms with Crippen LogP contribution in [-0.2, 0) is 21.3 Å². The maximum Gasteiger partial charge on any atom is 0.252 e. The van der Waals surface area contributed by atoms with Gasteiger partial charge in [0.2, 0.25) is 0 Å². The number of nitriles is 1. The van der Waals surface area contributed by atoms with Crippen LogP contribution in [0.4, 0.5) is 4.39 Å². The molecule has 0 aliphatic carbocycles. The molecule has 3 aromatic rings. The van der Waals surface area contributed by atoms with Crippen molar-refractivity contribution in [1.29, 1.82) is 5.26 Å². The molecule has 26 heavy (non-hydrogen) atoms. The molecule has 0 unspecified atom stereocenters. The van der Waals surface area contributed by atoms with E-state index in [4.69, 9.17) is 5.26 Å². The maximum atomic E-state index is 13.2. The molecule has 0 saturated heterocycles. The zero-order valence-electron chi connectivity index (χ0n) is 13.9. The Balaban J connectivity index is 1.91. The first-order valence-electron chi connectivity index (χ1n) is 7.79. The summed E-state index contributed by atoms with van der Waals surface area (Å²) >= 11 is 0. The van der Waals surface area contributed by atoms with Gasteiger partial charge in [-0.3, -0.25) is 4.79 Å². The van der Waals surface area contributed by atoms with Crippen LogP contribution in [0.2, 0.25) is 0 Å². The molecule has 0 atom stereocenters. The van der Waals surface area contributed by atoms with Crippen LogP contribution in [0.5, 0.6) is 0 Å². The molecule has 0 aliphatic heterocycles. The van der Waals surface area contributed by atoms with E-state index >= 15 is 0 Å². The Labute approximate surface area is 149 Å². The van der Waals surface area contributed by atoms with Crippen molar-refractivity contribution >= 4 is 20.7 Å². The molecule has 0 amide bonds. The van der Waals surface area contributed by atoms with E-state index in [1.807, 2.05) is 6.07 Å². The lowest BCUT2D eigenvalue weighted by molar-refractivity contribution is 0.594. The predicted octanol–water partition coefficient (Wildman–Crippen LogP) is 2.96. The fraction of sp³-hybridized carbons (Fsp3) is 0.158. The van der Waals surface area contributed by atoms with E-state index < -0.39 is 27.0 Å². The number of sulfone groups is 1. The second kappa shape index (κ2) is 6.73. The van der Waals surface area contributed by atoms with Gasteiger partial charge in [-0.2, -0.15) is 5.26 Å². The second-order valence-corrected chi connectivity index (χ2v) is 8.21. The van der Waals surface area contributed by atoms with Gasteiger partial charge in [-0.15, -0.1) is 0 Å². The number of benzene rings is 2. The number of aromatic nitrogens is 1. The van der Waals surface area contributed by atoms with E-state index in [1.54, 1.807) is 25.1 Å². The molecular formula is C19H15FN2O3S. The van der Waals surface area contributed by atoms with E-state index in [1.165, 1.54) is 24.3 Å². The minimum Gasteiger partial charge on any atom is -0.322 e. The smallest absolute Gasteiger partial charge is 0.252 e. The van der Waals surface area contributed by atoms with Crippen molar-refractivity contribution in [2.45, 2.75) is 18.4 Å². The van der Waals surface area contributed by atoms with Gasteiger partial charge < -0.3 is 4.98 Å². The number of aryl methyl sites for hydroxylation is 1. The Bertz CT molecular complexity index is 1210. The van der Waals surface area contributed by atoms with Crippen molar-refractivity contribution in [2.24, 2.45) is 0 Å². The largest absolute Gasteiger partial charge is 0.322 e. The third kappa shape index (κ3) is 3.81. The van der Waals surface area contributed by atoms with Crippen LogP contribution in [0.15, 0.2) is 47.3 Å². The van der Waals surface area contributed by atoms with Gasteiger partial charge in [-0.1, -0.05) is 12.1 Å². The third-order valence-corrected chi connectivity index (χ3v) is 5.59. The molecule has 5 nitrogen and oxygen atoms in total. The fourth-order valence-electron chi connectivity index (χ4n) is 2.75.